The number of carbonyl (C=O) groups is 1. The number of methoxy groups -OCH3 is 1. The lowest BCUT2D eigenvalue weighted by molar-refractivity contribution is 0.0696. The Kier molecular flexibility index (Phi) is 5.15. The van der Waals surface area contributed by atoms with Crippen molar-refractivity contribution in [3.8, 4) is 16.2 Å². The van der Waals surface area contributed by atoms with Crippen LogP contribution in [0, 0.1) is 5.82 Å². The van der Waals surface area contributed by atoms with Gasteiger partial charge in [0.25, 0.3) is 10.0 Å². The van der Waals surface area contributed by atoms with E-state index < -0.39 is 21.8 Å². The third kappa shape index (κ3) is 3.93. The summed E-state index contributed by atoms with van der Waals surface area (Å²) in [7, 11) is -2.65. The maximum Gasteiger partial charge on any atom is 0.335 e. The summed E-state index contributed by atoms with van der Waals surface area (Å²) in [6, 6.07) is 12.8. The van der Waals surface area contributed by atoms with Gasteiger partial charge >= 0.3 is 5.97 Å². The van der Waals surface area contributed by atoms with Crippen LogP contribution in [0.15, 0.2) is 58.8 Å². The molecular formula is C18H14FNO5S2. The molecule has 1 aromatic heterocycles. The number of nitrogens with one attached hydrogen (secondary N) is 1. The number of halogens is 1. The summed E-state index contributed by atoms with van der Waals surface area (Å²) in [6.45, 7) is 0. The molecule has 0 amide bonds. The fraction of sp³-hybridized carbons (Fsp3) is 0.0556. The summed E-state index contributed by atoms with van der Waals surface area (Å²) in [4.78, 5) is 11.5. The van der Waals surface area contributed by atoms with Crippen molar-refractivity contribution in [3.05, 3.63) is 66.0 Å². The molecule has 0 saturated carbocycles. The van der Waals surface area contributed by atoms with Crippen molar-refractivity contribution in [2.24, 2.45) is 0 Å². The Morgan fingerprint density at radius 1 is 1.15 bits per heavy atom. The number of carboxylic acids is 1. The molecule has 3 aromatic rings. The average molecular weight is 407 g/mol. The number of rotatable bonds is 6. The molecule has 0 atom stereocenters. The summed E-state index contributed by atoms with van der Waals surface area (Å²) in [6.07, 6.45) is 0. The van der Waals surface area contributed by atoms with E-state index in [4.69, 9.17) is 9.84 Å². The Bertz CT molecular complexity index is 1110. The molecule has 0 spiro atoms. The standard InChI is InChI=1S/C18H14FNO5S2/c1-25-15-10-11(18(21)22)6-7-14(15)20-27(23,24)17-9-8-16(26-17)12-4-2-3-5-13(12)19/h2-10,20H,1H3,(H,21,22). The van der Waals surface area contributed by atoms with Gasteiger partial charge in [-0.3, -0.25) is 4.72 Å². The summed E-state index contributed by atoms with van der Waals surface area (Å²) < 4.78 is 46.6. The van der Waals surface area contributed by atoms with Crippen LogP contribution in [0.4, 0.5) is 10.1 Å². The van der Waals surface area contributed by atoms with E-state index in [0.717, 1.165) is 11.3 Å². The molecule has 9 heteroatoms. The summed E-state index contributed by atoms with van der Waals surface area (Å²) in [5.41, 5.74) is 0.378. The fourth-order valence-electron chi connectivity index (χ4n) is 2.37. The van der Waals surface area contributed by atoms with Gasteiger partial charge in [-0.25, -0.2) is 17.6 Å². The molecule has 0 saturated heterocycles. The van der Waals surface area contributed by atoms with Crippen LogP contribution in [0.3, 0.4) is 0 Å². The van der Waals surface area contributed by atoms with Gasteiger partial charge in [-0.15, -0.1) is 11.3 Å². The quantitative estimate of drug-likeness (QED) is 0.643. The fourth-order valence-corrected chi connectivity index (χ4v) is 4.78. The van der Waals surface area contributed by atoms with Gasteiger partial charge in [-0.2, -0.15) is 0 Å². The van der Waals surface area contributed by atoms with Crippen LogP contribution in [0.2, 0.25) is 0 Å². The Morgan fingerprint density at radius 2 is 1.89 bits per heavy atom. The SMILES string of the molecule is COc1cc(C(=O)O)ccc1NS(=O)(=O)c1ccc(-c2ccccc2F)s1. The Morgan fingerprint density at radius 3 is 2.56 bits per heavy atom. The lowest BCUT2D eigenvalue weighted by atomic mass is 10.2. The van der Waals surface area contributed by atoms with Crippen molar-refractivity contribution >= 4 is 33.0 Å². The van der Waals surface area contributed by atoms with Gasteiger partial charge in [-0.05, 0) is 36.4 Å². The van der Waals surface area contributed by atoms with E-state index in [0.29, 0.717) is 10.4 Å². The molecular weight excluding hydrogens is 393 g/mol. The van der Waals surface area contributed by atoms with E-state index in [1.165, 1.54) is 43.5 Å². The lowest BCUT2D eigenvalue weighted by Gasteiger charge is -2.11. The summed E-state index contributed by atoms with van der Waals surface area (Å²) >= 11 is 0.922. The van der Waals surface area contributed by atoms with E-state index in [1.807, 2.05) is 0 Å². The predicted molar refractivity (Wildman–Crippen MR) is 100 cm³/mol. The van der Waals surface area contributed by atoms with Gasteiger partial charge < -0.3 is 9.84 Å². The van der Waals surface area contributed by atoms with Gasteiger partial charge in [-0.1, -0.05) is 18.2 Å². The summed E-state index contributed by atoms with van der Waals surface area (Å²) in [5.74, 6) is -1.53. The number of hydrogen-bond acceptors (Lipinski definition) is 5. The van der Waals surface area contributed by atoms with Crippen molar-refractivity contribution in [2.45, 2.75) is 4.21 Å². The molecule has 2 aromatic carbocycles. The molecule has 2 N–H and O–H groups in total. The van der Waals surface area contributed by atoms with Crippen molar-refractivity contribution in [1.29, 1.82) is 0 Å². The van der Waals surface area contributed by atoms with Gasteiger partial charge in [0.2, 0.25) is 0 Å². The maximum absolute atomic E-state index is 13.9. The molecule has 3 rings (SSSR count). The normalized spacial score (nSPS) is 11.2. The van der Waals surface area contributed by atoms with Gasteiger partial charge in [0.1, 0.15) is 15.8 Å². The molecule has 0 aliphatic rings. The molecule has 6 nitrogen and oxygen atoms in total. The van der Waals surface area contributed by atoms with Crippen LogP contribution in [-0.4, -0.2) is 26.6 Å². The monoisotopic (exact) mass is 407 g/mol. The molecule has 0 unspecified atom stereocenters. The van der Waals surface area contributed by atoms with Gasteiger partial charge in [0, 0.05) is 10.4 Å². The molecule has 140 valence electrons. The summed E-state index contributed by atoms with van der Waals surface area (Å²) in [5, 5.41) is 9.02. The zero-order chi connectivity index (χ0) is 19.6. The highest BCUT2D eigenvalue weighted by Crippen LogP contribution is 2.34. The van der Waals surface area contributed by atoms with Crippen LogP contribution < -0.4 is 9.46 Å². The minimum absolute atomic E-state index is 0.00915. The molecule has 1 heterocycles. The first-order valence-electron chi connectivity index (χ1n) is 7.60. The first-order chi connectivity index (χ1) is 12.8. The van der Waals surface area contributed by atoms with E-state index in [9.17, 15) is 17.6 Å². The third-order valence-electron chi connectivity index (χ3n) is 3.68. The first-order valence-corrected chi connectivity index (χ1v) is 9.90. The number of carboxylic acid groups (broad SMARTS) is 1. The van der Waals surface area contributed by atoms with Crippen molar-refractivity contribution in [1.82, 2.24) is 0 Å². The van der Waals surface area contributed by atoms with E-state index in [-0.39, 0.29) is 21.2 Å². The van der Waals surface area contributed by atoms with Crippen molar-refractivity contribution in [2.75, 3.05) is 11.8 Å². The number of sulfonamides is 1. The zero-order valence-corrected chi connectivity index (χ0v) is 15.6. The van der Waals surface area contributed by atoms with Gasteiger partial charge in [0.15, 0.2) is 0 Å². The second-order valence-electron chi connectivity index (χ2n) is 5.42. The topological polar surface area (TPSA) is 92.7 Å². The molecule has 0 aliphatic heterocycles. The number of thiophene rings is 1. The van der Waals surface area contributed by atoms with Crippen molar-refractivity contribution in [3.63, 3.8) is 0 Å². The van der Waals surface area contributed by atoms with Crippen molar-refractivity contribution < 1.29 is 27.4 Å². The van der Waals surface area contributed by atoms with E-state index in [1.54, 1.807) is 18.2 Å². The zero-order valence-electron chi connectivity index (χ0n) is 14.0. The molecule has 0 aliphatic carbocycles. The lowest BCUT2D eigenvalue weighted by Crippen LogP contribution is -2.12. The smallest absolute Gasteiger partial charge is 0.335 e. The molecule has 0 fully saturated rings. The van der Waals surface area contributed by atoms with Gasteiger partial charge in [0.05, 0.1) is 18.4 Å². The third-order valence-corrected chi connectivity index (χ3v) is 6.65. The number of hydrogen-bond donors (Lipinski definition) is 2. The molecule has 0 radical (unpaired) electrons. The highest BCUT2D eigenvalue weighted by molar-refractivity contribution is 7.94. The highest BCUT2D eigenvalue weighted by Gasteiger charge is 2.21. The first kappa shape index (κ1) is 18.9. The van der Waals surface area contributed by atoms with E-state index in [2.05, 4.69) is 4.72 Å². The highest BCUT2D eigenvalue weighted by atomic mass is 32.2. The molecule has 0 bridgehead atoms. The average Bonchev–Trinajstić information content (AvgIpc) is 3.13. The van der Waals surface area contributed by atoms with Crippen LogP contribution in [0.25, 0.3) is 10.4 Å². The number of aromatic carboxylic acids is 1. The number of benzene rings is 2. The van der Waals surface area contributed by atoms with Crippen LogP contribution in [0.5, 0.6) is 5.75 Å². The van der Waals surface area contributed by atoms with Crippen LogP contribution in [0.1, 0.15) is 10.4 Å². The van der Waals surface area contributed by atoms with Crippen LogP contribution in [-0.2, 0) is 10.0 Å². The minimum atomic E-state index is -3.96. The maximum atomic E-state index is 13.9. The van der Waals surface area contributed by atoms with Crippen LogP contribution >= 0.6 is 11.3 Å². The second-order valence-corrected chi connectivity index (χ2v) is 8.42. The predicted octanol–water partition coefficient (Wildman–Crippen LogP) is 4.06. The van der Waals surface area contributed by atoms with E-state index >= 15 is 0 Å². The Hall–Kier alpha value is -2.91. The Labute approximate surface area is 158 Å². The number of ether oxygens (including phenoxy) is 1. The second kappa shape index (κ2) is 7.37. The minimum Gasteiger partial charge on any atom is -0.495 e. The largest absolute Gasteiger partial charge is 0.495 e. The number of anilines is 1. The Balaban J connectivity index is 1.92. The molecule has 27 heavy (non-hydrogen) atoms.